The standard InChI is InChI=1S/C35H37N9O2/c36-32-27(2-1-16-37-32)33-39-29-11-12-30(43-19-15-31(41-43)46-25-7-8-25)40-34(29)44(33)24-6-9-26-22(20-24)5-10-28(26)38-23-13-17-42(18-14-23)35(45)21-3-4-21/h1-2,6,9,11-12,15-16,19-21,23,25,28,38H,3-5,7-8,10,13-14,17-18H2,(H2,36,37)/t28-/m0/s1. The van der Waals surface area contributed by atoms with Gasteiger partial charge in [-0.2, -0.15) is 0 Å². The van der Waals surface area contributed by atoms with E-state index >= 15 is 0 Å². The minimum absolute atomic E-state index is 0.276. The average Bonchev–Trinajstić information content (AvgIpc) is 3.98. The fourth-order valence-electron chi connectivity index (χ4n) is 7.02. The van der Waals surface area contributed by atoms with Crippen molar-refractivity contribution in [3.63, 3.8) is 0 Å². The van der Waals surface area contributed by atoms with E-state index in [4.69, 9.17) is 20.4 Å². The Labute approximate surface area is 266 Å². The van der Waals surface area contributed by atoms with Crippen LogP contribution in [0.3, 0.4) is 0 Å². The lowest BCUT2D eigenvalue weighted by Gasteiger charge is -2.34. The van der Waals surface area contributed by atoms with E-state index in [0.29, 0.717) is 47.2 Å². The molecule has 1 aliphatic heterocycles. The van der Waals surface area contributed by atoms with Gasteiger partial charge in [-0.3, -0.25) is 9.36 Å². The molecule has 11 nitrogen and oxygen atoms in total. The van der Waals surface area contributed by atoms with Crippen molar-refractivity contribution in [1.82, 2.24) is 39.5 Å². The monoisotopic (exact) mass is 615 g/mol. The molecular formula is C35H37N9O2. The summed E-state index contributed by atoms with van der Waals surface area (Å²) in [5.41, 5.74) is 12.3. The third kappa shape index (κ3) is 5.08. The zero-order chi connectivity index (χ0) is 30.8. The second kappa shape index (κ2) is 10.9. The van der Waals surface area contributed by atoms with Crippen LogP contribution in [0.5, 0.6) is 5.88 Å². The molecule has 234 valence electrons. The summed E-state index contributed by atoms with van der Waals surface area (Å²) >= 11 is 0. The van der Waals surface area contributed by atoms with Gasteiger partial charge in [0.25, 0.3) is 0 Å². The van der Waals surface area contributed by atoms with Gasteiger partial charge in [-0.15, -0.1) is 5.10 Å². The molecule has 3 N–H and O–H groups in total. The number of ether oxygens (including phenoxy) is 1. The van der Waals surface area contributed by atoms with Crippen LogP contribution in [0.25, 0.3) is 34.1 Å². The first-order chi connectivity index (χ1) is 22.6. The van der Waals surface area contributed by atoms with Crippen molar-refractivity contribution in [3.8, 4) is 28.8 Å². The van der Waals surface area contributed by atoms with Crippen molar-refractivity contribution in [2.45, 2.75) is 69.6 Å². The fraction of sp³-hybridized carbons (Fsp3) is 0.400. The summed E-state index contributed by atoms with van der Waals surface area (Å²) in [6.07, 6.45) is 12.2. The van der Waals surface area contributed by atoms with Gasteiger partial charge < -0.3 is 20.7 Å². The van der Waals surface area contributed by atoms with Crippen LogP contribution in [0, 0.1) is 5.92 Å². The molecule has 1 amide bonds. The average molecular weight is 616 g/mol. The summed E-state index contributed by atoms with van der Waals surface area (Å²) in [5, 5.41) is 8.56. The molecule has 4 aromatic heterocycles. The molecule has 46 heavy (non-hydrogen) atoms. The van der Waals surface area contributed by atoms with Crippen molar-refractivity contribution < 1.29 is 9.53 Å². The number of pyridine rings is 2. The largest absolute Gasteiger partial charge is 0.473 e. The number of nitrogens with one attached hydrogen (secondary N) is 1. The summed E-state index contributed by atoms with van der Waals surface area (Å²) in [6, 6.07) is 17.0. The van der Waals surface area contributed by atoms with Crippen LogP contribution in [-0.2, 0) is 11.2 Å². The van der Waals surface area contributed by atoms with Crippen LogP contribution in [0.2, 0.25) is 0 Å². The number of rotatable bonds is 8. The summed E-state index contributed by atoms with van der Waals surface area (Å²) in [7, 11) is 0. The van der Waals surface area contributed by atoms with E-state index < -0.39 is 0 Å². The number of hydrogen-bond donors (Lipinski definition) is 2. The smallest absolute Gasteiger partial charge is 0.233 e. The van der Waals surface area contributed by atoms with Crippen molar-refractivity contribution in [1.29, 1.82) is 0 Å². The van der Waals surface area contributed by atoms with Gasteiger partial charge in [0.15, 0.2) is 17.3 Å². The normalized spacial score (nSPS) is 19.9. The van der Waals surface area contributed by atoms with Crippen LogP contribution in [0.15, 0.2) is 60.9 Å². The molecule has 1 saturated heterocycles. The Morgan fingerprint density at radius 1 is 0.957 bits per heavy atom. The van der Waals surface area contributed by atoms with Gasteiger partial charge in [-0.1, -0.05) is 6.07 Å². The predicted octanol–water partition coefficient (Wildman–Crippen LogP) is 4.77. The first-order valence-electron chi connectivity index (χ1n) is 16.6. The highest BCUT2D eigenvalue weighted by molar-refractivity contribution is 5.83. The van der Waals surface area contributed by atoms with Crippen molar-refractivity contribution in [3.05, 3.63) is 72.1 Å². The number of aromatic nitrogens is 6. The van der Waals surface area contributed by atoms with E-state index in [1.807, 2.05) is 36.5 Å². The topological polar surface area (TPSA) is 129 Å². The fourth-order valence-corrected chi connectivity index (χ4v) is 7.02. The van der Waals surface area contributed by atoms with Gasteiger partial charge in [0.1, 0.15) is 17.4 Å². The highest BCUT2D eigenvalue weighted by Crippen LogP contribution is 2.37. The molecule has 0 radical (unpaired) electrons. The molecule has 11 heteroatoms. The Morgan fingerprint density at radius 3 is 2.63 bits per heavy atom. The molecule has 5 heterocycles. The summed E-state index contributed by atoms with van der Waals surface area (Å²) in [6.45, 7) is 1.73. The van der Waals surface area contributed by atoms with Gasteiger partial charge in [-0.05, 0) is 98.9 Å². The van der Waals surface area contributed by atoms with Crippen LogP contribution < -0.4 is 15.8 Å². The molecule has 1 atom stereocenters. The number of fused-ring (bicyclic) bond motifs is 2. The van der Waals surface area contributed by atoms with E-state index in [1.54, 1.807) is 10.9 Å². The van der Waals surface area contributed by atoms with E-state index in [0.717, 1.165) is 86.9 Å². The van der Waals surface area contributed by atoms with Gasteiger partial charge in [0.2, 0.25) is 11.8 Å². The van der Waals surface area contributed by atoms with Gasteiger partial charge >= 0.3 is 0 Å². The van der Waals surface area contributed by atoms with Crippen molar-refractivity contribution in [2.24, 2.45) is 5.92 Å². The van der Waals surface area contributed by atoms with Crippen molar-refractivity contribution >= 4 is 22.9 Å². The maximum atomic E-state index is 12.5. The Hall–Kier alpha value is -4.77. The van der Waals surface area contributed by atoms with E-state index in [2.05, 4.69) is 43.1 Å². The summed E-state index contributed by atoms with van der Waals surface area (Å²) in [4.78, 5) is 29.0. The number of nitrogens with zero attached hydrogens (tertiary/aromatic N) is 7. The van der Waals surface area contributed by atoms with Crippen LogP contribution >= 0.6 is 0 Å². The predicted molar refractivity (Wildman–Crippen MR) is 174 cm³/mol. The van der Waals surface area contributed by atoms with E-state index in [1.165, 1.54) is 11.1 Å². The number of nitrogen functional groups attached to an aromatic ring is 1. The quantitative estimate of drug-likeness (QED) is 0.256. The van der Waals surface area contributed by atoms with Crippen LogP contribution in [0.4, 0.5) is 5.82 Å². The molecule has 3 aliphatic carbocycles. The molecule has 9 rings (SSSR count). The highest BCUT2D eigenvalue weighted by atomic mass is 16.5. The lowest BCUT2D eigenvalue weighted by atomic mass is 10.0. The number of amides is 1. The molecule has 4 aliphatic rings. The molecule has 3 fully saturated rings. The highest BCUT2D eigenvalue weighted by Gasteiger charge is 2.35. The molecular weight excluding hydrogens is 578 g/mol. The third-order valence-corrected chi connectivity index (χ3v) is 9.81. The maximum Gasteiger partial charge on any atom is 0.233 e. The second-order valence-electron chi connectivity index (χ2n) is 13.1. The molecule has 1 aromatic carbocycles. The number of nitrogens with two attached hydrogens (primary N) is 1. The molecule has 0 unspecified atom stereocenters. The number of imidazole rings is 1. The summed E-state index contributed by atoms with van der Waals surface area (Å²) in [5.74, 6) is 3.08. The molecule has 2 saturated carbocycles. The van der Waals surface area contributed by atoms with Crippen molar-refractivity contribution in [2.75, 3.05) is 18.8 Å². The molecule has 0 bridgehead atoms. The number of anilines is 1. The van der Waals surface area contributed by atoms with E-state index in [9.17, 15) is 4.79 Å². The Balaban J connectivity index is 1.03. The number of hydrogen-bond acceptors (Lipinski definition) is 8. The first-order valence-corrected chi connectivity index (χ1v) is 16.6. The van der Waals surface area contributed by atoms with Crippen LogP contribution in [-0.4, -0.2) is 65.3 Å². The summed E-state index contributed by atoms with van der Waals surface area (Å²) < 4.78 is 9.72. The second-order valence-corrected chi connectivity index (χ2v) is 13.1. The lowest BCUT2D eigenvalue weighted by Crippen LogP contribution is -2.46. The number of likely N-dealkylation sites (tertiary alicyclic amines) is 1. The number of carbonyl (C=O) groups is 1. The third-order valence-electron chi connectivity index (χ3n) is 9.81. The zero-order valence-corrected chi connectivity index (χ0v) is 25.7. The first kappa shape index (κ1) is 27.5. The maximum absolute atomic E-state index is 12.5. The molecule has 0 spiro atoms. The zero-order valence-electron chi connectivity index (χ0n) is 25.7. The Kier molecular flexibility index (Phi) is 6.55. The van der Waals surface area contributed by atoms with Gasteiger partial charge in [0, 0.05) is 55.2 Å². The SMILES string of the molecule is Nc1ncccc1-c1nc2ccc(-n3ccc(OC4CC4)n3)nc2n1-c1ccc2c(c1)CC[C@@H]2NC1CCN(C(=O)C2CC2)CC1. The minimum atomic E-state index is 0.276. The minimum Gasteiger partial charge on any atom is -0.473 e. The Bertz CT molecular complexity index is 1950. The number of aryl methyl sites for hydroxylation is 1. The van der Waals surface area contributed by atoms with Gasteiger partial charge in [-0.25, -0.2) is 19.6 Å². The van der Waals surface area contributed by atoms with E-state index in [-0.39, 0.29) is 6.10 Å². The van der Waals surface area contributed by atoms with Gasteiger partial charge in [0.05, 0.1) is 5.56 Å². The van der Waals surface area contributed by atoms with Crippen LogP contribution in [0.1, 0.15) is 62.1 Å². The molecule has 5 aromatic rings. The number of benzene rings is 1. The number of piperidine rings is 1. The number of carbonyl (C=O) groups excluding carboxylic acids is 1. The lowest BCUT2D eigenvalue weighted by molar-refractivity contribution is -0.133. The Morgan fingerprint density at radius 2 is 1.83 bits per heavy atom.